The number of rotatable bonds is 26. The highest BCUT2D eigenvalue weighted by atomic mass is 19.3. The highest BCUT2D eigenvalue weighted by molar-refractivity contribution is 6.25. The molecule has 7 heterocycles. The fraction of sp³-hybridized carbons (Fsp3) is 0.436. The summed E-state index contributed by atoms with van der Waals surface area (Å²) >= 11 is 0. The number of imide groups is 2. The molecule has 10 rings (SSSR count). The number of piperidine rings is 1. The van der Waals surface area contributed by atoms with Gasteiger partial charge in [0.1, 0.15) is 42.9 Å². The Balaban J connectivity index is 0.663. The summed E-state index contributed by atoms with van der Waals surface area (Å²) in [6.45, 7) is 2.11. The maximum absolute atomic E-state index is 14.3. The Hall–Kier alpha value is -8.53. The van der Waals surface area contributed by atoms with Crippen LogP contribution in [-0.4, -0.2) is 167 Å². The molecule has 82 heavy (non-hydrogen) atoms. The zero-order chi connectivity index (χ0) is 57.3. The van der Waals surface area contributed by atoms with E-state index in [0.29, 0.717) is 47.2 Å². The van der Waals surface area contributed by atoms with E-state index in [2.05, 4.69) is 47.0 Å². The smallest absolute Gasteiger partial charge is 0.323 e. The number of aromatic nitrogens is 4. The van der Waals surface area contributed by atoms with Crippen molar-refractivity contribution in [2.24, 2.45) is 5.92 Å². The van der Waals surface area contributed by atoms with Gasteiger partial charge in [-0.05, 0) is 86.5 Å². The van der Waals surface area contributed by atoms with Crippen LogP contribution in [-0.2, 0) is 49.5 Å². The Morgan fingerprint density at radius 1 is 0.878 bits per heavy atom. The average Bonchev–Trinajstić information content (AvgIpc) is 3.86. The van der Waals surface area contributed by atoms with Gasteiger partial charge in [-0.25, -0.2) is 23.4 Å². The largest absolute Gasteiger partial charge is 0.459 e. The van der Waals surface area contributed by atoms with E-state index in [0.717, 1.165) is 24.1 Å². The summed E-state index contributed by atoms with van der Waals surface area (Å²) in [5.74, 6) is -3.23. The van der Waals surface area contributed by atoms with Crippen molar-refractivity contribution in [2.75, 3.05) is 81.8 Å². The van der Waals surface area contributed by atoms with Crippen LogP contribution in [0.3, 0.4) is 0 Å². The van der Waals surface area contributed by atoms with Gasteiger partial charge in [-0.2, -0.15) is 5.10 Å². The van der Waals surface area contributed by atoms with Crippen molar-refractivity contribution in [3.8, 4) is 17.1 Å². The van der Waals surface area contributed by atoms with E-state index >= 15 is 0 Å². The first-order valence-corrected chi connectivity index (χ1v) is 27.0. The summed E-state index contributed by atoms with van der Waals surface area (Å²) in [6.07, 6.45) is 4.06. The SMILES string of the molecule is O=C1CCC(N2C(=O)c3cccc(NCCOCCOCCOCC(=O)N4C[C@H](OC(=O)[C@@H]5CCCN5)C[C@H]4C(=O)NCc4ccc(-n5cc(NC(=O)c6coc(-c7ccnc(NCC8CC8)c7)n6)c(C(F)F)n5)cc4)c3C2=O)C(=O)N1. The van der Waals surface area contributed by atoms with Crippen LogP contribution in [0.2, 0.25) is 0 Å². The second-order valence-corrected chi connectivity index (χ2v) is 20.2. The molecule has 0 bridgehead atoms. The number of ether oxygens (including phenoxy) is 4. The summed E-state index contributed by atoms with van der Waals surface area (Å²) < 4.78 is 57.9. The number of hydrogen-bond acceptors (Lipinski definition) is 19. The molecule has 4 aliphatic heterocycles. The second kappa shape index (κ2) is 25.9. The molecule has 4 fully saturated rings. The van der Waals surface area contributed by atoms with Crippen molar-refractivity contribution in [2.45, 2.75) is 82.1 Å². The minimum absolute atomic E-state index is 0.0145. The van der Waals surface area contributed by atoms with E-state index in [4.69, 9.17) is 23.4 Å². The van der Waals surface area contributed by atoms with E-state index in [1.54, 1.807) is 54.7 Å². The Kier molecular flexibility index (Phi) is 17.9. The van der Waals surface area contributed by atoms with Gasteiger partial charge in [0.15, 0.2) is 11.4 Å². The standard InChI is InChI=1S/C55H60F2N12O13/c56-48(57)47-39(63-49(72)40-29-81-52(64-40)33-14-16-60-43(23-33)61-25-31-6-7-31)28-68(66-47)34-10-8-32(9-11-34)26-62-50(73)42-24-35(82-55(77)38-5-2-15-58-38)27-67(42)45(71)30-80-22-21-79-20-19-78-18-17-59-37-4-1-3-36-46(37)54(76)69(53(36)75)41-12-13-44(70)65-51(41)74/h1,3-4,8-11,14,16,23,28-29,31,35,38,41-42,48,58-59H,2,5-7,12-13,15,17-22,24-27,30H2,(H,60,61)(H,62,73)(H,63,72)(H,65,70,74)/t35-,38+,41?,42+/m1/s1. The van der Waals surface area contributed by atoms with E-state index in [9.17, 15) is 47.1 Å². The van der Waals surface area contributed by atoms with Crippen LogP contribution in [0.5, 0.6) is 0 Å². The lowest BCUT2D eigenvalue weighted by molar-refractivity contribution is -0.151. The number of oxazole rings is 1. The second-order valence-electron chi connectivity index (χ2n) is 20.2. The van der Waals surface area contributed by atoms with Crippen LogP contribution in [0.4, 0.5) is 26.0 Å². The number of fused-ring (bicyclic) bond motifs is 1. The lowest BCUT2D eigenvalue weighted by atomic mass is 10.0. The Labute approximate surface area is 467 Å². The van der Waals surface area contributed by atoms with Gasteiger partial charge in [-0.1, -0.05) is 18.2 Å². The lowest BCUT2D eigenvalue weighted by Gasteiger charge is -2.27. The zero-order valence-electron chi connectivity index (χ0n) is 44.4. The van der Waals surface area contributed by atoms with Gasteiger partial charge >= 0.3 is 5.97 Å². The van der Waals surface area contributed by atoms with E-state index in [1.807, 2.05) is 0 Å². The van der Waals surface area contributed by atoms with Gasteiger partial charge in [0, 0.05) is 49.9 Å². The minimum Gasteiger partial charge on any atom is -0.459 e. The topological polar surface area (TPSA) is 309 Å². The third-order valence-electron chi connectivity index (χ3n) is 14.4. The number of likely N-dealkylation sites (tertiary alicyclic amines) is 1. The molecule has 1 saturated carbocycles. The van der Waals surface area contributed by atoms with Gasteiger partial charge in [0.2, 0.25) is 29.5 Å². The predicted molar refractivity (Wildman–Crippen MR) is 284 cm³/mol. The molecule has 0 radical (unpaired) electrons. The molecule has 25 nitrogen and oxygen atoms in total. The number of carbonyl (C=O) groups is 8. The van der Waals surface area contributed by atoms with Gasteiger partial charge < -0.3 is 54.8 Å². The number of nitrogens with zero attached hydrogens (tertiary/aromatic N) is 6. The minimum atomic E-state index is -3.04. The summed E-state index contributed by atoms with van der Waals surface area (Å²) in [5.41, 5.74) is 1.22. The van der Waals surface area contributed by atoms with Crippen molar-refractivity contribution < 1.29 is 70.5 Å². The highest BCUT2D eigenvalue weighted by Crippen LogP contribution is 2.34. The van der Waals surface area contributed by atoms with Crippen molar-refractivity contribution in [3.05, 3.63) is 101 Å². The van der Waals surface area contributed by atoms with Crippen LogP contribution < -0.4 is 31.9 Å². The van der Waals surface area contributed by atoms with E-state index in [-0.39, 0.29) is 107 Å². The van der Waals surface area contributed by atoms with Crippen LogP contribution in [0, 0.1) is 5.92 Å². The Morgan fingerprint density at radius 3 is 2.43 bits per heavy atom. The molecule has 432 valence electrons. The van der Waals surface area contributed by atoms with Gasteiger partial charge in [0.05, 0.1) is 68.3 Å². The number of pyridine rings is 1. The lowest BCUT2D eigenvalue weighted by Crippen LogP contribution is -2.54. The molecule has 1 unspecified atom stereocenters. The molecular weight excluding hydrogens is 1070 g/mol. The number of carbonyl (C=O) groups excluding carboxylic acids is 8. The first-order chi connectivity index (χ1) is 39.8. The summed E-state index contributed by atoms with van der Waals surface area (Å²) in [4.78, 5) is 115. The number of benzene rings is 2. The summed E-state index contributed by atoms with van der Waals surface area (Å²) in [5, 5.41) is 21.0. The molecule has 27 heteroatoms. The highest BCUT2D eigenvalue weighted by Gasteiger charge is 2.46. The molecule has 4 atom stereocenters. The number of hydrogen-bond donors (Lipinski definition) is 6. The van der Waals surface area contributed by atoms with Crippen LogP contribution >= 0.6 is 0 Å². The fourth-order valence-electron chi connectivity index (χ4n) is 9.92. The van der Waals surface area contributed by atoms with Crippen molar-refractivity contribution in [3.63, 3.8) is 0 Å². The molecule has 3 saturated heterocycles. The van der Waals surface area contributed by atoms with E-state index < -0.39 is 83.7 Å². The molecular formula is C55H60F2N12O13. The normalized spacial score (nSPS) is 19.6. The Morgan fingerprint density at radius 2 is 1.67 bits per heavy atom. The monoisotopic (exact) mass is 1130 g/mol. The third-order valence-corrected chi connectivity index (χ3v) is 14.4. The van der Waals surface area contributed by atoms with Crippen molar-refractivity contribution in [1.29, 1.82) is 0 Å². The molecule has 2 aromatic carbocycles. The maximum Gasteiger partial charge on any atom is 0.323 e. The molecule has 5 aromatic rings. The number of alkyl halides is 2. The van der Waals surface area contributed by atoms with Crippen LogP contribution in [0.1, 0.15) is 93.8 Å². The van der Waals surface area contributed by atoms with Gasteiger partial charge in [-0.3, -0.25) is 48.6 Å². The number of anilines is 3. The van der Waals surface area contributed by atoms with Crippen LogP contribution in [0.25, 0.3) is 17.1 Å². The van der Waals surface area contributed by atoms with Crippen molar-refractivity contribution >= 4 is 64.5 Å². The number of nitrogens with one attached hydrogen (secondary N) is 6. The first-order valence-electron chi connectivity index (χ1n) is 27.0. The van der Waals surface area contributed by atoms with Crippen LogP contribution in [0.15, 0.2) is 77.7 Å². The molecule has 0 spiro atoms. The first kappa shape index (κ1) is 56.7. The molecule has 1 aliphatic carbocycles. The molecule has 7 amide bonds. The van der Waals surface area contributed by atoms with Gasteiger partial charge in [-0.15, -0.1) is 0 Å². The molecule has 6 N–H and O–H groups in total. The van der Waals surface area contributed by atoms with Crippen molar-refractivity contribution in [1.82, 2.24) is 45.5 Å². The molecule has 5 aliphatic rings. The third kappa shape index (κ3) is 13.6. The van der Waals surface area contributed by atoms with E-state index in [1.165, 1.54) is 34.7 Å². The number of halogens is 2. The molecule has 3 aromatic heterocycles. The predicted octanol–water partition coefficient (Wildman–Crippen LogP) is 3.38. The maximum atomic E-state index is 14.3. The number of esters is 1. The zero-order valence-corrected chi connectivity index (χ0v) is 44.4. The quantitative estimate of drug-likeness (QED) is 0.0263. The summed E-state index contributed by atoms with van der Waals surface area (Å²) in [6, 6.07) is 12.2. The fourth-order valence-corrected chi connectivity index (χ4v) is 9.92. The number of amides is 7. The average molecular weight is 1140 g/mol. The summed E-state index contributed by atoms with van der Waals surface area (Å²) in [7, 11) is 0. The Bertz CT molecular complexity index is 3200. The van der Waals surface area contributed by atoms with Gasteiger partial charge in [0.25, 0.3) is 24.1 Å².